The highest BCUT2D eigenvalue weighted by Crippen LogP contribution is 2.56. The van der Waals surface area contributed by atoms with Gasteiger partial charge in [0.2, 0.25) is 10.0 Å². The van der Waals surface area contributed by atoms with Gasteiger partial charge in [-0.25, -0.2) is 13.1 Å². The summed E-state index contributed by atoms with van der Waals surface area (Å²) in [5, 5.41) is 0. The zero-order valence-electron chi connectivity index (χ0n) is 14.3. The van der Waals surface area contributed by atoms with Crippen LogP contribution in [0.2, 0.25) is 0 Å². The van der Waals surface area contributed by atoms with E-state index in [4.69, 9.17) is 5.73 Å². The summed E-state index contributed by atoms with van der Waals surface area (Å²) in [5.41, 5.74) is 3.76. The van der Waals surface area contributed by atoms with Crippen LogP contribution in [0.3, 0.4) is 0 Å². The zero-order chi connectivity index (χ0) is 20.0. The van der Waals surface area contributed by atoms with Crippen LogP contribution in [0.4, 0.5) is 17.6 Å². The topological polar surface area (TPSA) is 72.2 Å². The molecule has 9 heteroatoms. The maximum Gasteiger partial charge on any atom is 0.340 e. The minimum Gasteiger partial charge on any atom is -0.330 e. The van der Waals surface area contributed by atoms with Crippen LogP contribution in [-0.4, -0.2) is 21.5 Å². The van der Waals surface area contributed by atoms with Crippen molar-refractivity contribution < 1.29 is 26.0 Å². The number of nitrogens with one attached hydrogen (secondary N) is 1. The van der Waals surface area contributed by atoms with Gasteiger partial charge in [0.25, 0.3) is 0 Å². The Morgan fingerprint density at radius 3 is 2.19 bits per heavy atom. The lowest BCUT2D eigenvalue weighted by molar-refractivity contribution is -0.223. The summed E-state index contributed by atoms with van der Waals surface area (Å²) in [6.45, 7) is 1.42. The molecule has 2 aromatic rings. The molecule has 27 heavy (non-hydrogen) atoms. The number of halogens is 4. The number of sulfonamides is 1. The number of fused-ring (bicyclic) bond motifs is 2. The molecule has 1 unspecified atom stereocenters. The Hall–Kier alpha value is -1.97. The van der Waals surface area contributed by atoms with Gasteiger partial charge >= 0.3 is 11.8 Å². The molecule has 0 aromatic heterocycles. The van der Waals surface area contributed by atoms with Crippen molar-refractivity contribution in [1.29, 1.82) is 0 Å². The monoisotopic (exact) mass is 402 g/mol. The molecular formula is C18H18F4N2O2S. The normalized spacial score (nSPS) is 20.4. The molecule has 0 radical (unpaired) electrons. The molecule has 1 aliphatic carbocycles. The highest BCUT2D eigenvalue weighted by molar-refractivity contribution is 7.89. The SMILES string of the molecule is CCNS(=O)(=O)c1ccc2c(c1)C(CN)c1ccccc1C(F)(F)C2(F)F. The second kappa shape index (κ2) is 6.57. The van der Waals surface area contributed by atoms with E-state index in [2.05, 4.69) is 4.72 Å². The average molecular weight is 402 g/mol. The Kier molecular flexibility index (Phi) is 4.82. The summed E-state index contributed by atoms with van der Waals surface area (Å²) in [5.74, 6) is -9.99. The van der Waals surface area contributed by atoms with Crippen molar-refractivity contribution >= 4 is 10.0 Å². The Balaban J connectivity index is 2.36. The maximum absolute atomic E-state index is 14.8. The van der Waals surface area contributed by atoms with Crippen molar-refractivity contribution in [2.24, 2.45) is 5.73 Å². The number of hydrogen-bond acceptors (Lipinski definition) is 3. The lowest BCUT2D eigenvalue weighted by Gasteiger charge is -2.27. The van der Waals surface area contributed by atoms with Gasteiger partial charge in [0.1, 0.15) is 0 Å². The smallest absolute Gasteiger partial charge is 0.330 e. The van der Waals surface area contributed by atoms with Crippen LogP contribution in [0.15, 0.2) is 47.4 Å². The molecular weight excluding hydrogens is 384 g/mol. The molecule has 0 saturated heterocycles. The van der Waals surface area contributed by atoms with Crippen molar-refractivity contribution in [3.63, 3.8) is 0 Å². The Bertz CT molecular complexity index is 977. The van der Waals surface area contributed by atoms with Gasteiger partial charge in [-0.3, -0.25) is 0 Å². The highest BCUT2D eigenvalue weighted by Gasteiger charge is 2.62. The molecule has 4 nitrogen and oxygen atoms in total. The third-order valence-corrected chi connectivity index (χ3v) is 6.23. The van der Waals surface area contributed by atoms with Crippen molar-refractivity contribution in [3.8, 4) is 0 Å². The first-order valence-corrected chi connectivity index (χ1v) is 9.75. The largest absolute Gasteiger partial charge is 0.340 e. The third-order valence-electron chi connectivity index (χ3n) is 4.69. The first-order valence-electron chi connectivity index (χ1n) is 8.27. The lowest BCUT2D eigenvalue weighted by Crippen LogP contribution is -2.35. The summed E-state index contributed by atoms with van der Waals surface area (Å²) in [6, 6.07) is 7.65. The number of rotatable bonds is 4. The first-order chi connectivity index (χ1) is 12.6. The molecule has 0 amide bonds. The van der Waals surface area contributed by atoms with Crippen LogP contribution in [0.25, 0.3) is 0 Å². The second-order valence-corrected chi connectivity index (χ2v) is 8.04. The minimum absolute atomic E-state index is 0.0403. The molecule has 0 saturated carbocycles. The maximum atomic E-state index is 14.8. The van der Waals surface area contributed by atoms with E-state index in [9.17, 15) is 26.0 Å². The fourth-order valence-corrected chi connectivity index (χ4v) is 4.48. The first kappa shape index (κ1) is 19.8. The molecule has 0 bridgehead atoms. The van der Waals surface area contributed by atoms with Gasteiger partial charge in [0, 0.05) is 30.1 Å². The van der Waals surface area contributed by atoms with Gasteiger partial charge in [-0.2, -0.15) is 17.6 Å². The molecule has 3 rings (SSSR count). The number of alkyl halides is 4. The van der Waals surface area contributed by atoms with Gasteiger partial charge in [-0.05, 0) is 23.3 Å². The molecule has 1 atom stereocenters. The van der Waals surface area contributed by atoms with Crippen molar-refractivity contribution in [1.82, 2.24) is 4.72 Å². The summed E-state index contributed by atoms with van der Waals surface area (Å²) in [6.07, 6.45) is 0. The van der Waals surface area contributed by atoms with E-state index in [-0.39, 0.29) is 29.1 Å². The van der Waals surface area contributed by atoms with Crippen molar-refractivity contribution in [2.75, 3.05) is 13.1 Å². The average Bonchev–Trinajstić information content (AvgIpc) is 2.66. The van der Waals surface area contributed by atoms with E-state index < -0.39 is 38.9 Å². The van der Waals surface area contributed by atoms with Gasteiger partial charge in [0.15, 0.2) is 0 Å². The quantitative estimate of drug-likeness (QED) is 0.771. The van der Waals surface area contributed by atoms with Crippen LogP contribution < -0.4 is 10.5 Å². The molecule has 0 fully saturated rings. The molecule has 0 spiro atoms. The number of hydrogen-bond donors (Lipinski definition) is 2. The van der Waals surface area contributed by atoms with Crippen LogP contribution in [-0.2, 0) is 21.9 Å². The van der Waals surface area contributed by atoms with E-state index in [1.54, 1.807) is 6.92 Å². The van der Waals surface area contributed by atoms with Crippen LogP contribution in [0.1, 0.15) is 35.1 Å². The van der Waals surface area contributed by atoms with E-state index in [1.807, 2.05) is 0 Å². The van der Waals surface area contributed by atoms with Gasteiger partial charge in [0.05, 0.1) is 4.90 Å². The van der Waals surface area contributed by atoms with Crippen molar-refractivity contribution in [3.05, 3.63) is 64.7 Å². The molecule has 0 aliphatic heterocycles. The third kappa shape index (κ3) is 2.94. The molecule has 0 heterocycles. The fraction of sp³-hybridized carbons (Fsp3) is 0.333. The summed E-state index contributed by atoms with van der Waals surface area (Å²) >= 11 is 0. The second-order valence-electron chi connectivity index (χ2n) is 6.27. The molecule has 146 valence electrons. The molecule has 2 aromatic carbocycles. The van der Waals surface area contributed by atoms with E-state index in [0.717, 1.165) is 24.3 Å². The summed E-state index contributed by atoms with van der Waals surface area (Å²) in [4.78, 5) is -0.278. The van der Waals surface area contributed by atoms with Gasteiger partial charge < -0.3 is 5.73 Å². The number of nitrogens with two attached hydrogens (primary N) is 1. The minimum atomic E-state index is -4.52. The van der Waals surface area contributed by atoms with Gasteiger partial charge in [-0.15, -0.1) is 0 Å². The molecule has 3 N–H and O–H groups in total. The molecule has 1 aliphatic rings. The van der Waals surface area contributed by atoms with Gasteiger partial charge in [-0.1, -0.05) is 37.3 Å². The fourth-order valence-electron chi connectivity index (χ4n) is 3.40. The zero-order valence-corrected chi connectivity index (χ0v) is 15.2. The van der Waals surface area contributed by atoms with E-state index in [1.165, 1.54) is 18.2 Å². The van der Waals surface area contributed by atoms with Crippen LogP contribution in [0, 0.1) is 0 Å². The van der Waals surface area contributed by atoms with E-state index in [0.29, 0.717) is 0 Å². The Labute approximate surface area is 154 Å². The standard InChI is InChI=1S/C18H18F4N2O2S/c1-2-24-27(25,26)11-7-8-16-13(9-11)14(10-23)12-5-3-4-6-15(12)17(19,20)18(16,21)22/h3-9,14,24H,2,10,23H2,1H3. The predicted octanol–water partition coefficient (Wildman–Crippen LogP) is 3.27. The summed E-state index contributed by atoms with van der Waals surface area (Å²) in [7, 11) is -3.95. The Morgan fingerprint density at radius 1 is 1.00 bits per heavy atom. The number of benzene rings is 2. The highest BCUT2D eigenvalue weighted by atomic mass is 32.2. The van der Waals surface area contributed by atoms with E-state index >= 15 is 0 Å². The Morgan fingerprint density at radius 2 is 1.59 bits per heavy atom. The lowest BCUT2D eigenvalue weighted by atomic mass is 9.88. The predicted molar refractivity (Wildman–Crippen MR) is 92.4 cm³/mol. The van der Waals surface area contributed by atoms with Crippen LogP contribution >= 0.6 is 0 Å². The summed E-state index contributed by atoms with van der Waals surface area (Å²) < 4.78 is 86.0. The van der Waals surface area contributed by atoms with Crippen LogP contribution in [0.5, 0.6) is 0 Å². The van der Waals surface area contributed by atoms with Crippen molar-refractivity contribution in [2.45, 2.75) is 29.6 Å².